The molecule has 1 aliphatic heterocycles. The van der Waals surface area contributed by atoms with E-state index >= 15 is 0 Å². The second-order valence-corrected chi connectivity index (χ2v) is 13.4. The summed E-state index contributed by atoms with van der Waals surface area (Å²) in [7, 11) is -7.41. The lowest BCUT2D eigenvalue weighted by molar-refractivity contribution is -0.383. The standard InChI is InChI=1S/C18H18N4O7S4/c1-32(26,27)12-10-13-16(14(11-12)22(24)25)31-18(19-17(13)23)20-5-3-6-21(8-7-20)33(28,29)15-4-2-9-30-15/h2,4,9-11H,3,5-8H2,1H3. The lowest BCUT2D eigenvalue weighted by atomic mass is 10.2. The van der Waals surface area contributed by atoms with Crippen molar-refractivity contribution in [2.24, 2.45) is 0 Å². The van der Waals surface area contributed by atoms with Gasteiger partial charge in [0, 0.05) is 38.5 Å². The minimum atomic E-state index is -3.78. The van der Waals surface area contributed by atoms with Crippen LogP contribution in [-0.4, -0.2) is 63.5 Å². The van der Waals surface area contributed by atoms with E-state index in [2.05, 4.69) is 4.98 Å². The number of aromatic nitrogens is 1. The number of rotatable bonds is 5. The number of non-ortho nitro benzene ring substituents is 1. The first-order valence-corrected chi connectivity index (χ1v) is 14.6. The number of thiophene rings is 1. The molecule has 11 nitrogen and oxygen atoms in total. The highest BCUT2D eigenvalue weighted by molar-refractivity contribution is 7.91. The molecule has 0 aliphatic carbocycles. The van der Waals surface area contributed by atoms with Crippen LogP contribution in [0, 0.1) is 10.1 Å². The van der Waals surface area contributed by atoms with Gasteiger partial charge in [-0.05, 0) is 23.9 Å². The highest BCUT2D eigenvalue weighted by atomic mass is 32.2. The molecule has 0 amide bonds. The van der Waals surface area contributed by atoms with Crippen LogP contribution in [-0.2, 0) is 19.9 Å². The van der Waals surface area contributed by atoms with Crippen molar-refractivity contribution in [1.82, 2.24) is 9.29 Å². The van der Waals surface area contributed by atoms with Crippen LogP contribution in [0.3, 0.4) is 0 Å². The molecule has 0 N–H and O–H groups in total. The maximum Gasteiger partial charge on any atom is 0.288 e. The number of nitrogens with zero attached hydrogens (tertiary/aromatic N) is 4. The molecule has 15 heteroatoms. The van der Waals surface area contributed by atoms with Gasteiger partial charge in [0.1, 0.15) is 8.91 Å². The van der Waals surface area contributed by atoms with E-state index in [4.69, 9.17) is 0 Å². The van der Waals surface area contributed by atoms with E-state index in [-0.39, 0.29) is 44.0 Å². The molecule has 2 aromatic heterocycles. The number of anilines is 1. The zero-order chi connectivity index (χ0) is 24.0. The van der Waals surface area contributed by atoms with Gasteiger partial charge in [0.15, 0.2) is 15.0 Å². The van der Waals surface area contributed by atoms with E-state index < -0.39 is 36.0 Å². The molecule has 1 aromatic carbocycles. The molecule has 1 saturated heterocycles. The summed E-state index contributed by atoms with van der Waals surface area (Å²) in [6, 6.07) is 5.25. The smallest absolute Gasteiger partial charge is 0.288 e. The Kier molecular flexibility index (Phi) is 6.26. The van der Waals surface area contributed by atoms with Crippen LogP contribution in [0.5, 0.6) is 0 Å². The van der Waals surface area contributed by atoms with Crippen LogP contribution in [0.1, 0.15) is 6.42 Å². The van der Waals surface area contributed by atoms with Crippen LogP contribution in [0.2, 0.25) is 0 Å². The van der Waals surface area contributed by atoms with Crippen LogP contribution < -0.4 is 10.5 Å². The Balaban J connectivity index is 1.71. The third-order valence-corrected chi connectivity index (χ3v) is 10.6. The molecule has 0 spiro atoms. The molecular formula is C18H18N4O7S4. The molecule has 176 valence electrons. The van der Waals surface area contributed by atoms with E-state index in [1.54, 1.807) is 22.4 Å². The van der Waals surface area contributed by atoms with Gasteiger partial charge in [-0.15, -0.1) is 11.3 Å². The third-order valence-electron chi connectivity index (χ3n) is 5.10. The van der Waals surface area contributed by atoms with Crippen LogP contribution >= 0.6 is 22.7 Å². The van der Waals surface area contributed by atoms with Gasteiger partial charge in [0.25, 0.3) is 21.3 Å². The minimum Gasteiger partial charge on any atom is -0.347 e. The summed E-state index contributed by atoms with van der Waals surface area (Å²) in [6.45, 7) is 1.10. The van der Waals surface area contributed by atoms with Crippen LogP contribution in [0.25, 0.3) is 10.1 Å². The molecule has 0 bridgehead atoms. The maximum atomic E-state index is 12.8. The Hall–Kier alpha value is -2.46. The van der Waals surface area contributed by atoms with Crippen molar-refractivity contribution in [2.45, 2.75) is 15.5 Å². The zero-order valence-corrected chi connectivity index (χ0v) is 20.5. The van der Waals surface area contributed by atoms with Crippen LogP contribution in [0.4, 0.5) is 10.8 Å². The number of sulfonamides is 1. The number of hydrogen-bond donors (Lipinski definition) is 0. The summed E-state index contributed by atoms with van der Waals surface area (Å²) in [5, 5.41) is 13.4. The summed E-state index contributed by atoms with van der Waals surface area (Å²) in [6.07, 6.45) is 1.38. The van der Waals surface area contributed by atoms with E-state index in [0.717, 1.165) is 41.1 Å². The number of fused-ring (bicyclic) bond motifs is 1. The Labute approximate surface area is 197 Å². The fourth-order valence-corrected chi connectivity index (χ4v) is 7.85. The highest BCUT2D eigenvalue weighted by Gasteiger charge is 2.29. The fraction of sp³-hybridized carbons (Fsp3) is 0.333. The number of nitro benzene ring substituents is 1. The molecule has 4 rings (SSSR count). The lowest BCUT2D eigenvalue weighted by Crippen LogP contribution is -2.35. The SMILES string of the molecule is CS(=O)(=O)c1cc([N+](=O)[O-])c2sc(N3CCCN(S(=O)(=O)c4cccs4)CC3)nc(=O)c2c1. The Morgan fingerprint density at radius 3 is 2.52 bits per heavy atom. The highest BCUT2D eigenvalue weighted by Crippen LogP contribution is 2.34. The number of nitro groups is 1. The van der Waals surface area contributed by atoms with Crippen molar-refractivity contribution in [1.29, 1.82) is 0 Å². The van der Waals surface area contributed by atoms with E-state index in [1.807, 2.05) is 0 Å². The number of hydrogen-bond acceptors (Lipinski definition) is 11. The van der Waals surface area contributed by atoms with Crippen LogP contribution in [0.15, 0.2) is 43.5 Å². The van der Waals surface area contributed by atoms with E-state index in [0.29, 0.717) is 13.0 Å². The first kappa shape index (κ1) is 23.7. The topological polar surface area (TPSA) is 148 Å². The second-order valence-electron chi connectivity index (χ2n) is 7.33. The van der Waals surface area contributed by atoms with E-state index in [1.165, 1.54) is 4.31 Å². The first-order valence-electron chi connectivity index (χ1n) is 9.60. The molecular weight excluding hydrogens is 512 g/mol. The van der Waals surface area contributed by atoms with Crippen molar-refractivity contribution in [3.63, 3.8) is 0 Å². The van der Waals surface area contributed by atoms with Crippen molar-refractivity contribution in [2.75, 3.05) is 37.3 Å². The van der Waals surface area contributed by atoms with Crippen molar-refractivity contribution >= 4 is 63.4 Å². The van der Waals surface area contributed by atoms with Crippen molar-refractivity contribution < 1.29 is 21.8 Å². The molecule has 1 fully saturated rings. The summed E-state index contributed by atoms with van der Waals surface area (Å²) in [5.74, 6) is 0. The number of sulfone groups is 1. The average Bonchev–Trinajstić information content (AvgIpc) is 3.17. The average molecular weight is 531 g/mol. The third kappa shape index (κ3) is 4.63. The summed E-state index contributed by atoms with van der Waals surface area (Å²) < 4.78 is 51.1. The van der Waals surface area contributed by atoms with Gasteiger partial charge in [0.05, 0.1) is 15.2 Å². The van der Waals surface area contributed by atoms with Gasteiger partial charge in [-0.1, -0.05) is 17.4 Å². The van der Waals surface area contributed by atoms with Gasteiger partial charge in [-0.3, -0.25) is 14.9 Å². The number of benzene rings is 1. The molecule has 3 heterocycles. The maximum absolute atomic E-state index is 12.8. The molecule has 0 unspecified atom stereocenters. The Morgan fingerprint density at radius 1 is 1.12 bits per heavy atom. The first-order chi connectivity index (χ1) is 15.5. The molecule has 0 atom stereocenters. The quantitative estimate of drug-likeness (QED) is 0.356. The van der Waals surface area contributed by atoms with Gasteiger partial charge in [0.2, 0.25) is 0 Å². The molecule has 0 saturated carbocycles. The van der Waals surface area contributed by atoms with E-state index in [9.17, 15) is 31.7 Å². The summed E-state index contributed by atoms with van der Waals surface area (Å²) in [5.41, 5.74) is -1.27. The predicted molar refractivity (Wildman–Crippen MR) is 126 cm³/mol. The summed E-state index contributed by atoms with van der Waals surface area (Å²) >= 11 is 2.05. The molecule has 33 heavy (non-hydrogen) atoms. The van der Waals surface area contributed by atoms with Gasteiger partial charge >= 0.3 is 0 Å². The van der Waals surface area contributed by atoms with Crippen molar-refractivity contribution in [3.8, 4) is 0 Å². The molecule has 3 aromatic rings. The lowest BCUT2D eigenvalue weighted by Gasteiger charge is -2.21. The van der Waals surface area contributed by atoms with Gasteiger partial charge in [-0.2, -0.15) is 9.29 Å². The van der Waals surface area contributed by atoms with Gasteiger partial charge in [-0.25, -0.2) is 16.8 Å². The molecule has 1 aliphatic rings. The Morgan fingerprint density at radius 2 is 1.88 bits per heavy atom. The normalized spacial score (nSPS) is 16.1. The zero-order valence-electron chi connectivity index (χ0n) is 17.2. The largest absolute Gasteiger partial charge is 0.347 e. The predicted octanol–water partition coefficient (Wildman–Crippen LogP) is 1.93. The second kappa shape index (κ2) is 8.72. The fourth-order valence-electron chi connectivity index (χ4n) is 3.46. The van der Waals surface area contributed by atoms with Gasteiger partial charge < -0.3 is 4.90 Å². The summed E-state index contributed by atoms with van der Waals surface area (Å²) in [4.78, 5) is 29.0. The monoisotopic (exact) mass is 530 g/mol. The Bertz CT molecular complexity index is 1500. The molecule has 0 radical (unpaired) electrons. The van der Waals surface area contributed by atoms with Crippen molar-refractivity contribution in [3.05, 3.63) is 50.1 Å². The minimum absolute atomic E-state index is 0.0229.